The molecule has 0 heterocycles. The first-order valence-corrected chi connectivity index (χ1v) is 4.39. The van der Waals surface area contributed by atoms with Gasteiger partial charge in [0.15, 0.2) is 5.78 Å². The predicted molar refractivity (Wildman–Crippen MR) is 54.2 cm³/mol. The molecule has 0 spiro atoms. The van der Waals surface area contributed by atoms with Gasteiger partial charge in [0.25, 0.3) is 0 Å². The monoisotopic (exact) mass is 229 g/mol. The lowest BCUT2D eigenvalue weighted by molar-refractivity contribution is 0.101. The van der Waals surface area contributed by atoms with Gasteiger partial charge in [-0.1, -0.05) is 23.2 Å². The topological polar surface area (TPSA) is 46.5 Å². The van der Waals surface area contributed by atoms with Crippen LogP contribution in [0.5, 0.6) is 0 Å². The smallest absolute Gasteiger partial charge is 0.240 e. The molecule has 72 valence electrons. The van der Waals surface area contributed by atoms with E-state index in [2.05, 4.69) is 4.99 Å². The zero-order chi connectivity index (χ0) is 10.7. The molecule has 0 N–H and O–H groups in total. The summed E-state index contributed by atoms with van der Waals surface area (Å²) in [5.41, 5.74) is 0.512. The third-order valence-corrected chi connectivity index (χ3v) is 2.16. The van der Waals surface area contributed by atoms with Gasteiger partial charge in [-0.3, -0.25) is 4.79 Å². The molecule has 0 saturated heterocycles. The van der Waals surface area contributed by atoms with E-state index < -0.39 is 0 Å². The van der Waals surface area contributed by atoms with Gasteiger partial charge in [0.2, 0.25) is 6.08 Å². The molecule has 0 amide bonds. The van der Waals surface area contributed by atoms with E-state index in [-0.39, 0.29) is 21.5 Å². The maximum Gasteiger partial charge on any atom is 0.240 e. The summed E-state index contributed by atoms with van der Waals surface area (Å²) in [5.74, 6) is -0.157. The van der Waals surface area contributed by atoms with Crippen molar-refractivity contribution in [3.63, 3.8) is 0 Å². The number of benzene rings is 1. The number of hydrogen-bond donors (Lipinski definition) is 0. The summed E-state index contributed by atoms with van der Waals surface area (Å²) in [6, 6.07) is 2.82. The van der Waals surface area contributed by atoms with Crippen molar-refractivity contribution in [3.05, 3.63) is 27.7 Å². The SMILES string of the molecule is CC(=O)c1cc(Cl)c(N=C=O)c(Cl)c1. The van der Waals surface area contributed by atoms with Crippen LogP contribution in [0.1, 0.15) is 17.3 Å². The zero-order valence-electron chi connectivity index (χ0n) is 7.17. The molecule has 3 nitrogen and oxygen atoms in total. The largest absolute Gasteiger partial charge is 0.295 e. The Morgan fingerprint density at radius 1 is 1.36 bits per heavy atom. The Morgan fingerprint density at radius 2 is 1.86 bits per heavy atom. The molecule has 0 aliphatic heterocycles. The molecule has 0 bridgehead atoms. The normalized spacial score (nSPS) is 9.36. The van der Waals surface area contributed by atoms with Crippen molar-refractivity contribution in [2.45, 2.75) is 6.92 Å². The van der Waals surface area contributed by atoms with Gasteiger partial charge in [0.05, 0.1) is 10.0 Å². The van der Waals surface area contributed by atoms with Gasteiger partial charge in [0, 0.05) is 5.56 Å². The van der Waals surface area contributed by atoms with Crippen molar-refractivity contribution in [2.75, 3.05) is 0 Å². The number of Topliss-reactive ketones (excluding diaryl/α,β-unsaturated/α-hetero) is 1. The van der Waals surface area contributed by atoms with E-state index in [0.29, 0.717) is 5.56 Å². The number of rotatable bonds is 2. The van der Waals surface area contributed by atoms with Gasteiger partial charge in [0.1, 0.15) is 5.69 Å². The number of hydrogen-bond acceptors (Lipinski definition) is 3. The highest BCUT2D eigenvalue weighted by Gasteiger charge is 2.09. The summed E-state index contributed by atoms with van der Waals surface area (Å²) in [5, 5.41) is 0.317. The number of carbonyl (C=O) groups is 1. The number of nitrogens with zero attached hydrogens (tertiary/aromatic N) is 1. The maximum absolute atomic E-state index is 11.0. The maximum atomic E-state index is 11.0. The average Bonchev–Trinajstić information content (AvgIpc) is 2.10. The molecule has 0 aliphatic rings. The molecule has 0 fully saturated rings. The molecule has 0 atom stereocenters. The number of halogens is 2. The van der Waals surface area contributed by atoms with Crippen molar-refractivity contribution in [1.29, 1.82) is 0 Å². The minimum absolute atomic E-state index is 0.133. The highest BCUT2D eigenvalue weighted by atomic mass is 35.5. The second-order valence-corrected chi connectivity index (χ2v) is 3.36. The molecule has 0 radical (unpaired) electrons. The summed E-state index contributed by atoms with van der Waals surface area (Å²) in [6.45, 7) is 1.39. The fourth-order valence-electron chi connectivity index (χ4n) is 0.921. The quantitative estimate of drug-likeness (QED) is 0.445. The van der Waals surface area contributed by atoms with E-state index in [1.165, 1.54) is 25.1 Å². The Labute approximate surface area is 90.4 Å². The molecule has 0 aromatic heterocycles. The molecule has 5 heteroatoms. The van der Waals surface area contributed by atoms with Crippen LogP contribution in [0.2, 0.25) is 10.0 Å². The molecule has 0 saturated carbocycles. The summed E-state index contributed by atoms with van der Waals surface area (Å²) >= 11 is 11.5. The Hall–Kier alpha value is -1.15. The van der Waals surface area contributed by atoms with Gasteiger partial charge >= 0.3 is 0 Å². The molecule has 0 unspecified atom stereocenters. The Bertz CT molecular complexity index is 413. The molecule has 14 heavy (non-hydrogen) atoms. The first kappa shape index (κ1) is 10.9. The van der Waals surface area contributed by atoms with Crippen molar-refractivity contribution in [1.82, 2.24) is 0 Å². The van der Waals surface area contributed by atoms with Crippen molar-refractivity contribution < 1.29 is 9.59 Å². The third-order valence-electron chi connectivity index (χ3n) is 1.58. The van der Waals surface area contributed by atoms with Crippen molar-refractivity contribution in [3.8, 4) is 0 Å². The number of isocyanates is 1. The van der Waals surface area contributed by atoms with Gasteiger partial charge in [-0.25, -0.2) is 4.79 Å². The van der Waals surface area contributed by atoms with Crippen LogP contribution in [0.15, 0.2) is 17.1 Å². The van der Waals surface area contributed by atoms with E-state index in [0.717, 1.165) is 0 Å². The second-order valence-electron chi connectivity index (χ2n) is 2.55. The fourth-order valence-corrected chi connectivity index (χ4v) is 1.49. The Kier molecular flexibility index (Phi) is 3.42. The molecular weight excluding hydrogens is 225 g/mol. The zero-order valence-corrected chi connectivity index (χ0v) is 8.69. The van der Waals surface area contributed by atoms with Crippen LogP contribution < -0.4 is 0 Å². The second kappa shape index (κ2) is 4.38. The lowest BCUT2D eigenvalue weighted by atomic mass is 10.1. The molecule has 1 aromatic carbocycles. The van der Waals surface area contributed by atoms with E-state index in [1.54, 1.807) is 0 Å². The Balaban J connectivity index is 3.39. The van der Waals surface area contributed by atoms with E-state index >= 15 is 0 Å². The van der Waals surface area contributed by atoms with Crippen LogP contribution in [-0.4, -0.2) is 11.9 Å². The van der Waals surface area contributed by atoms with E-state index in [4.69, 9.17) is 23.2 Å². The number of aliphatic imine (C=N–C) groups is 1. The standard InChI is InChI=1S/C9H5Cl2NO2/c1-5(14)6-2-7(10)9(12-4-13)8(11)3-6/h2-3H,1H3. The Morgan fingerprint density at radius 3 is 2.21 bits per heavy atom. The summed E-state index contributed by atoms with van der Waals surface area (Å²) < 4.78 is 0. The van der Waals surface area contributed by atoms with E-state index in [9.17, 15) is 9.59 Å². The summed E-state index contributed by atoms with van der Waals surface area (Å²) in [7, 11) is 0. The number of ketones is 1. The van der Waals surface area contributed by atoms with Gasteiger partial charge in [-0.05, 0) is 19.1 Å². The molecule has 1 rings (SSSR count). The molecular formula is C9H5Cl2NO2. The minimum atomic E-state index is -0.157. The molecule has 1 aromatic rings. The van der Waals surface area contributed by atoms with Crippen LogP contribution in [-0.2, 0) is 4.79 Å². The fraction of sp³-hybridized carbons (Fsp3) is 0.111. The average molecular weight is 230 g/mol. The summed E-state index contributed by atoms with van der Waals surface area (Å²) in [4.78, 5) is 24.3. The molecule has 0 aliphatic carbocycles. The summed E-state index contributed by atoms with van der Waals surface area (Å²) in [6.07, 6.45) is 1.34. The van der Waals surface area contributed by atoms with Crippen LogP contribution in [0.4, 0.5) is 5.69 Å². The highest BCUT2D eigenvalue weighted by Crippen LogP contribution is 2.34. The lowest BCUT2D eigenvalue weighted by Gasteiger charge is -2.02. The van der Waals surface area contributed by atoms with Crippen LogP contribution in [0, 0.1) is 0 Å². The first-order chi connectivity index (χ1) is 6.56. The number of carbonyl (C=O) groups excluding carboxylic acids is 2. The van der Waals surface area contributed by atoms with Crippen molar-refractivity contribution >= 4 is 40.8 Å². The van der Waals surface area contributed by atoms with Crippen LogP contribution >= 0.6 is 23.2 Å². The first-order valence-electron chi connectivity index (χ1n) is 3.64. The van der Waals surface area contributed by atoms with Crippen molar-refractivity contribution in [2.24, 2.45) is 4.99 Å². The minimum Gasteiger partial charge on any atom is -0.295 e. The third kappa shape index (κ3) is 2.20. The van der Waals surface area contributed by atoms with Gasteiger partial charge < -0.3 is 0 Å². The predicted octanol–water partition coefficient (Wildman–Crippen LogP) is 3.16. The van der Waals surface area contributed by atoms with Crippen LogP contribution in [0.3, 0.4) is 0 Å². The lowest BCUT2D eigenvalue weighted by Crippen LogP contribution is -1.91. The highest BCUT2D eigenvalue weighted by molar-refractivity contribution is 6.39. The van der Waals surface area contributed by atoms with Gasteiger partial charge in [-0.15, -0.1) is 0 Å². The van der Waals surface area contributed by atoms with E-state index in [1.807, 2.05) is 0 Å². The van der Waals surface area contributed by atoms with Crippen LogP contribution in [0.25, 0.3) is 0 Å². The van der Waals surface area contributed by atoms with Gasteiger partial charge in [-0.2, -0.15) is 4.99 Å².